The first-order valence-corrected chi connectivity index (χ1v) is 15.0. The van der Waals surface area contributed by atoms with Crippen LogP contribution >= 0.6 is 11.6 Å². The molecule has 0 radical (unpaired) electrons. The maximum absolute atomic E-state index is 12.8. The highest BCUT2D eigenvalue weighted by atomic mass is 35.5. The van der Waals surface area contributed by atoms with E-state index in [0.29, 0.717) is 31.0 Å². The Morgan fingerprint density at radius 2 is 1.51 bits per heavy atom. The minimum absolute atomic E-state index is 0.0701. The summed E-state index contributed by atoms with van der Waals surface area (Å²) in [7, 11) is 0. The van der Waals surface area contributed by atoms with Gasteiger partial charge in [0, 0.05) is 36.5 Å². The van der Waals surface area contributed by atoms with E-state index in [1.807, 2.05) is 60.7 Å². The van der Waals surface area contributed by atoms with Crippen LogP contribution in [0, 0.1) is 0 Å². The largest absolute Gasteiger partial charge is 0.466 e. The maximum Gasteiger partial charge on any atom is 0.306 e. The van der Waals surface area contributed by atoms with Crippen molar-refractivity contribution in [3.63, 3.8) is 0 Å². The van der Waals surface area contributed by atoms with Crippen molar-refractivity contribution in [2.45, 2.75) is 56.5 Å². The van der Waals surface area contributed by atoms with E-state index in [4.69, 9.17) is 16.3 Å². The van der Waals surface area contributed by atoms with Crippen LogP contribution in [-0.2, 0) is 25.3 Å². The van der Waals surface area contributed by atoms with E-state index in [0.717, 1.165) is 49.2 Å². The van der Waals surface area contributed by atoms with Gasteiger partial charge in [-0.1, -0.05) is 84.4 Å². The van der Waals surface area contributed by atoms with Gasteiger partial charge in [0.1, 0.15) is 0 Å². The maximum atomic E-state index is 12.8. The van der Waals surface area contributed by atoms with Gasteiger partial charge in [-0.25, -0.2) is 0 Å². The van der Waals surface area contributed by atoms with Gasteiger partial charge in [-0.3, -0.25) is 9.59 Å². The molecule has 41 heavy (non-hydrogen) atoms. The fourth-order valence-electron chi connectivity index (χ4n) is 5.85. The fraction of sp³-hybridized carbons (Fsp3) is 0.412. The van der Waals surface area contributed by atoms with Crippen molar-refractivity contribution in [3.05, 3.63) is 107 Å². The third-order valence-corrected chi connectivity index (χ3v) is 8.50. The molecule has 1 amide bonds. The molecular formula is C34H41ClN2O4. The van der Waals surface area contributed by atoms with Crippen LogP contribution in [-0.4, -0.2) is 54.7 Å². The Bertz CT molecular complexity index is 1200. The third kappa shape index (κ3) is 8.19. The first-order valence-electron chi connectivity index (χ1n) is 14.6. The molecule has 3 aromatic carbocycles. The van der Waals surface area contributed by atoms with Crippen molar-refractivity contribution in [2.24, 2.45) is 0 Å². The van der Waals surface area contributed by atoms with Crippen LogP contribution in [0.2, 0.25) is 5.02 Å². The first kappa shape index (κ1) is 30.8. The van der Waals surface area contributed by atoms with Gasteiger partial charge in [-0.2, -0.15) is 0 Å². The zero-order chi connectivity index (χ0) is 29.1. The van der Waals surface area contributed by atoms with Crippen LogP contribution in [0.1, 0.15) is 62.1 Å². The molecular weight excluding hydrogens is 536 g/mol. The SMILES string of the molecule is CCOC(=O)CCC(=O)NCC(CCCN1CCC(O)(c2ccc(Cl)cc2)CC1)(c1ccccc1)c1ccccc1. The number of nitrogens with one attached hydrogen (secondary N) is 1. The van der Waals surface area contributed by atoms with Gasteiger partial charge in [0.2, 0.25) is 5.91 Å². The smallest absolute Gasteiger partial charge is 0.306 e. The summed E-state index contributed by atoms with van der Waals surface area (Å²) in [6.45, 7) is 5.02. The molecule has 2 N–H and O–H groups in total. The number of benzene rings is 3. The number of halogens is 1. The normalized spacial score (nSPS) is 15.3. The second-order valence-corrected chi connectivity index (χ2v) is 11.3. The number of carbonyl (C=O) groups excluding carboxylic acids is 2. The fourth-order valence-corrected chi connectivity index (χ4v) is 5.97. The number of piperidine rings is 1. The van der Waals surface area contributed by atoms with Crippen molar-refractivity contribution < 1.29 is 19.4 Å². The summed E-state index contributed by atoms with van der Waals surface area (Å²) in [4.78, 5) is 27.0. The molecule has 0 spiro atoms. The van der Waals surface area contributed by atoms with Crippen LogP contribution in [0.4, 0.5) is 0 Å². The van der Waals surface area contributed by atoms with Gasteiger partial charge < -0.3 is 20.1 Å². The molecule has 0 saturated carbocycles. The highest BCUT2D eigenvalue weighted by molar-refractivity contribution is 6.30. The molecule has 1 fully saturated rings. The third-order valence-electron chi connectivity index (χ3n) is 8.24. The Morgan fingerprint density at radius 1 is 0.927 bits per heavy atom. The minimum atomic E-state index is -0.827. The van der Waals surface area contributed by atoms with Gasteiger partial charge in [-0.05, 0) is 68.0 Å². The van der Waals surface area contributed by atoms with Crippen LogP contribution < -0.4 is 5.32 Å². The van der Waals surface area contributed by atoms with E-state index >= 15 is 0 Å². The van der Waals surface area contributed by atoms with Crippen molar-refractivity contribution in [2.75, 3.05) is 32.8 Å². The molecule has 6 nitrogen and oxygen atoms in total. The number of rotatable bonds is 13. The average Bonchev–Trinajstić information content (AvgIpc) is 3.00. The number of hydrogen-bond acceptors (Lipinski definition) is 5. The summed E-state index contributed by atoms with van der Waals surface area (Å²) in [5.74, 6) is -0.517. The van der Waals surface area contributed by atoms with Gasteiger partial charge in [0.05, 0.1) is 18.6 Å². The van der Waals surface area contributed by atoms with Crippen molar-refractivity contribution in [1.29, 1.82) is 0 Å². The number of carbonyl (C=O) groups is 2. The Morgan fingerprint density at radius 3 is 2.07 bits per heavy atom. The number of likely N-dealkylation sites (tertiary alicyclic amines) is 1. The minimum Gasteiger partial charge on any atom is -0.466 e. The summed E-state index contributed by atoms with van der Waals surface area (Å²) < 4.78 is 4.99. The Labute approximate surface area is 248 Å². The lowest BCUT2D eigenvalue weighted by Gasteiger charge is -2.40. The molecule has 3 aromatic rings. The second-order valence-electron chi connectivity index (χ2n) is 10.9. The van der Waals surface area contributed by atoms with E-state index in [-0.39, 0.29) is 24.7 Å². The standard InChI is InChI=1S/C34H41ClN2O4/c1-2-41-32(39)19-18-31(38)36-26-33(27-10-5-3-6-11-27,28-12-7-4-8-13-28)20-9-23-37-24-21-34(40,22-25-37)29-14-16-30(35)17-15-29/h3-8,10-17,40H,2,9,18-26H2,1H3,(H,36,38). The highest BCUT2D eigenvalue weighted by Crippen LogP contribution is 2.38. The zero-order valence-electron chi connectivity index (χ0n) is 23.9. The monoisotopic (exact) mass is 576 g/mol. The molecule has 0 aliphatic carbocycles. The van der Waals surface area contributed by atoms with E-state index in [9.17, 15) is 14.7 Å². The predicted octanol–water partition coefficient (Wildman–Crippen LogP) is 5.85. The van der Waals surface area contributed by atoms with Gasteiger partial charge in [0.25, 0.3) is 0 Å². The van der Waals surface area contributed by atoms with Crippen LogP contribution in [0.25, 0.3) is 0 Å². The summed E-state index contributed by atoms with van der Waals surface area (Å²) in [6.07, 6.45) is 3.27. The van der Waals surface area contributed by atoms with Crippen molar-refractivity contribution >= 4 is 23.5 Å². The number of hydrogen-bond donors (Lipinski definition) is 2. The van der Waals surface area contributed by atoms with Gasteiger partial charge in [-0.15, -0.1) is 0 Å². The molecule has 0 aromatic heterocycles. The molecule has 0 bridgehead atoms. The Kier molecular flexibility index (Phi) is 11.0. The lowest BCUT2D eigenvalue weighted by Crippen LogP contribution is -2.44. The van der Waals surface area contributed by atoms with Crippen molar-refractivity contribution in [3.8, 4) is 0 Å². The number of ether oxygens (including phenoxy) is 1. The van der Waals surface area contributed by atoms with Crippen LogP contribution in [0.15, 0.2) is 84.9 Å². The van der Waals surface area contributed by atoms with Crippen LogP contribution in [0.5, 0.6) is 0 Å². The molecule has 1 aliphatic rings. The van der Waals surface area contributed by atoms with E-state index in [2.05, 4.69) is 34.5 Å². The number of nitrogens with zero attached hydrogens (tertiary/aromatic N) is 1. The van der Waals surface area contributed by atoms with Crippen LogP contribution in [0.3, 0.4) is 0 Å². The number of aliphatic hydroxyl groups is 1. The molecule has 1 heterocycles. The van der Waals surface area contributed by atoms with Crippen molar-refractivity contribution in [1.82, 2.24) is 10.2 Å². The molecule has 1 aliphatic heterocycles. The molecule has 0 unspecified atom stereocenters. The van der Waals surface area contributed by atoms with E-state index < -0.39 is 11.0 Å². The highest BCUT2D eigenvalue weighted by Gasteiger charge is 2.36. The lowest BCUT2D eigenvalue weighted by molar-refractivity contribution is -0.144. The molecule has 4 rings (SSSR count). The topological polar surface area (TPSA) is 78.9 Å². The molecule has 218 valence electrons. The van der Waals surface area contributed by atoms with Gasteiger partial charge >= 0.3 is 5.97 Å². The summed E-state index contributed by atoms with van der Waals surface area (Å²) in [6, 6.07) is 28.2. The lowest BCUT2D eigenvalue weighted by atomic mass is 9.71. The Balaban J connectivity index is 1.44. The molecule has 0 atom stereocenters. The number of esters is 1. The first-order chi connectivity index (χ1) is 19.8. The molecule has 7 heteroatoms. The van der Waals surface area contributed by atoms with Gasteiger partial charge in [0.15, 0.2) is 0 Å². The average molecular weight is 577 g/mol. The Hall–Kier alpha value is -3.19. The van der Waals surface area contributed by atoms with E-state index in [1.54, 1.807) is 6.92 Å². The molecule has 1 saturated heterocycles. The quantitative estimate of drug-likeness (QED) is 0.250. The predicted molar refractivity (Wildman–Crippen MR) is 163 cm³/mol. The van der Waals surface area contributed by atoms with E-state index in [1.165, 1.54) is 0 Å². The zero-order valence-corrected chi connectivity index (χ0v) is 24.6. The summed E-state index contributed by atoms with van der Waals surface area (Å²) >= 11 is 6.05. The second kappa shape index (κ2) is 14.6. The number of amides is 1. The summed E-state index contributed by atoms with van der Waals surface area (Å²) in [5, 5.41) is 15.1. The summed E-state index contributed by atoms with van der Waals surface area (Å²) in [5.41, 5.74) is 1.96.